The normalized spacial score (nSPS) is 15.2. The van der Waals surface area contributed by atoms with Gasteiger partial charge in [-0.1, -0.05) is 61.2 Å². The molecule has 3 rings (SSSR count). The van der Waals surface area contributed by atoms with Crippen molar-refractivity contribution in [3.8, 4) is 5.75 Å². The van der Waals surface area contributed by atoms with Gasteiger partial charge in [0.2, 0.25) is 5.91 Å². The Hall–Kier alpha value is -2.82. The number of hydrogen-bond acceptors (Lipinski definition) is 3. The molecule has 0 aromatic heterocycles. The summed E-state index contributed by atoms with van der Waals surface area (Å²) in [6, 6.07) is 15.3. The summed E-state index contributed by atoms with van der Waals surface area (Å²) in [5.74, 6) is 0.360. The van der Waals surface area contributed by atoms with Crippen molar-refractivity contribution in [3.63, 3.8) is 0 Å². The Morgan fingerprint density at radius 2 is 1.74 bits per heavy atom. The van der Waals surface area contributed by atoms with Crippen molar-refractivity contribution in [2.75, 3.05) is 6.61 Å². The molecule has 2 aromatic carbocycles. The van der Waals surface area contributed by atoms with Gasteiger partial charge in [-0.2, -0.15) is 0 Å². The molecule has 1 aliphatic carbocycles. The van der Waals surface area contributed by atoms with Gasteiger partial charge in [-0.25, -0.2) is 0 Å². The summed E-state index contributed by atoms with van der Waals surface area (Å²) in [7, 11) is 0. The Morgan fingerprint density at radius 3 is 2.42 bits per heavy atom. The molecular formula is C26H34N2O3. The van der Waals surface area contributed by atoms with E-state index in [1.807, 2.05) is 62.4 Å². The van der Waals surface area contributed by atoms with Crippen LogP contribution in [0.4, 0.5) is 0 Å². The zero-order valence-electron chi connectivity index (χ0n) is 18.9. The number of nitrogens with one attached hydrogen (secondary N) is 1. The van der Waals surface area contributed by atoms with Crippen molar-refractivity contribution >= 4 is 11.8 Å². The summed E-state index contributed by atoms with van der Waals surface area (Å²) in [6.45, 7) is 6.08. The molecule has 2 aromatic rings. The minimum absolute atomic E-state index is 0.0945. The molecule has 166 valence electrons. The number of aryl methyl sites for hydroxylation is 2. The lowest BCUT2D eigenvalue weighted by atomic mass is 9.95. The predicted molar refractivity (Wildman–Crippen MR) is 123 cm³/mol. The third-order valence-corrected chi connectivity index (χ3v) is 5.94. The fourth-order valence-corrected chi connectivity index (χ4v) is 3.97. The van der Waals surface area contributed by atoms with Gasteiger partial charge < -0.3 is 15.0 Å². The lowest BCUT2D eigenvalue weighted by Crippen LogP contribution is -2.51. The molecule has 0 spiro atoms. The molecule has 1 fully saturated rings. The van der Waals surface area contributed by atoms with Crippen LogP contribution in [0.3, 0.4) is 0 Å². The summed E-state index contributed by atoms with van der Waals surface area (Å²) in [6.07, 6.45) is 5.56. The fraction of sp³-hybridized carbons (Fsp3) is 0.462. The molecule has 1 atom stereocenters. The van der Waals surface area contributed by atoms with Crippen molar-refractivity contribution < 1.29 is 14.3 Å². The first-order valence-electron chi connectivity index (χ1n) is 11.3. The molecule has 0 heterocycles. The second kappa shape index (κ2) is 11.0. The van der Waals surface area contributed by atoms with Gasteiger partial charge in [-0.3, -0.25) is 9.59 Å². The van der Waals surface area contributed by atoms with Crippen LogP contribution in [0.15, 0.2) is 48.5 Å². The SMILES string of the molecule is Cc1ccc(CN(C(=O)COc2cccc(C)c2)[C@@H](C)C(=O)NC2CCCCC2)cc1. The summed E-state index contributed by atoms with van der Waals surface area (Å²) >= 11 is 0. The molecular weight excluding hydrogens is 388 g/mol. The van der Waals surface area contributed by atoms with Crippen molar-refractivity contribution in [1.82, 2.24) is 10.2 Å². The number of carbonyl (C=O) groups is 2. The smallest absolute Gasteiger partial charge is 0.261 e. The first-order valence-corrected chi connectivity index (χ1v) is 11.3. The van der Waals surface area contributed by atoms with E-state index in [-0.39, 0.29) is 24.5 Å². The van der Waals surface area contributed by atoms with Crippen LogP contribution in [0.2, 0.25) is 0 Å². The standard InChI is InChI=1S/C26H34N2O3/c1-19-12-14-22(15-13-19)17-28(21(3)26(30)27-23-9-5-4-6-10-23)25(29)18-31-24-11-7-8-20(2)16-24/h7-8,11-16,21,23H,4-6,9-10,17-18H2,1-3H3,(H,27,30)/t21-/m0/s1. The van der Waals surface area contributed by atoms with Gasteiger partial charge >= 0.3 is 0 Å². The van der Waals surface area contributed by atoms with Gasteiger partial charge in [0, 0.05) is 12.6 Å². The maximum atomic E-state index is 13.1. The van der Waals surface area contributed by atoms with Crippen LogP contribution in [0.1, 0.15) is 55.7 Å². The van der Waals surface area contributed by atoms with E-state index in [9.17, 15) is 9.59 Å². The van der Waals surface area contributed by atoms with E-state index in [1.165, 1.54) is 6.42 Å². The Balaban J connectivity index is 1.70. The number of rotatable bonds is 8. The van der Waals surface area contributed by atoms with Crippen molar-refractivity contribution in [3.05, 3.63) is 65.2 Å². The van der Waals surface area contributed by atoms with Crippen LogP contribution in [0.5, 0.6) is 5.75 Å². The number of ether oxygens (including phenoxy) is 1. The number of carbonyl (C=O) groups excluding carboxylic acids is 2. The van der Waals surface area contributed by atoms with Crippen LogP contribution in [-0.4, -0.2) is 35.4 Å². The second-order valence-corrected chi connectivity index (χ2v) is 8.63. The molecule has 31 heavy (non-hydrogen) atoms. The number of amides is 2. The van der Waals surface area contributed by atoms with Crippen LogP contribution in [0.25, 0.3) is 0 Å². The molecule has 1 N–H and O–H groups in total. The van der Waals surface area contributed by atoms with Crippen molar-refractivity contribution in [1.29, 1.82) is 0 Å². The summed E-state index contributed by atoms with van der Waals surface area (Å²) in [4.78, 5) is 27.7. The molecule has 0 bridgehead atoms. The van der Waals surface area contributed by atoms with E-state index >= 15 is 0 Å². The molecule has 2 amide bonds. The summed E-state index contributed by atoms with van der Waals surface area (Å²) < 4.78 is 5.74. The highest BCUT2D eigenvalue weighted by molar-refractivity contribution is 5.88. The zero-order chi connectivity index (χ0) is 22.2. The maximum Gasteiger partial charge on any atom is 0.261 e. The Kier molecular flexibility index (Phi) is 8.10. The number of hydrogen-bond donors (Lipinski definition) is 1. The molecule has 1 aliphatic rings. The Morgan fingerprint density at radius 1 is 1.03 bits per heavy atom. The number of nitrogens with zero attached hydrogens (tertiary/aromatic N) is 1. The first kappa shape index (κ1) is 22.9. The average molecular weight is 423 g/mol. The van der Waals surface area contributed by atoms with E-state index in [0.717, 1.165) is 42.4 Å². The fourth-order valence-electron chi connectivity index (χ4n) is 3.97. The van der Waals surface area contributed by atoms with E-state index < -0.39 is 6.04 Å². The monoisotopic (exact) mass is 422 g/mol. The van der Waals surface area contributed by atoms with Gasteiger partial charge in [0.15, 0.2) is 6.61 Å². The second-order valence-electron chi connectivity index (χ2n) is 8.63. The van der Waals surface area contributed by atoms with E-state index in [1.54, 1.807) is 11.8 Å². The minimum atomic E-state index is -0.572. The van der Waals surface area contributed by atoms with Gasteiger partial charge in [0.25, 0.3) is 5.91 Å². The van der Waals surface area contributed by atoms with Gasteiger partial charge in [0.1, 0.15) is 11.8 Å². The molecule has 5 heteroatoms. The molecule has 0 radical (unpaired) electrons. The Labute approximate surface area is 185 Å². The van der Waals surface area contributed by atoms with Gasteiger partial charge in [0.05, 0.1) is 0 Å². The minimum Gasteiger partial charge on any atom is -0.484 e. The third kappa shape index (κ3) is 6.84. The third-order valence-electron chi connectivity index (χ3n) is 5.94. The predicted octanol–water partition coefficient (Wildman–Crippen LogP) is 4.55. The van der Waals surface area contributed by atoms with Crippen LogP contribution in [0, 0.1) is 13.8 Å². The lowest BCUT2D eigenvalue weighted by Gasteiger charge is -2.31. The Bertz CT molecular complexity index is 872. The first-order chi connectivity index (χ1) is 14.9. The lowest BCUT2D eigenvalue weighted by molar-refractivity contribution is -0.142. The van der Waals surface area contributed by atoms with Crippen molar-refractivity contribution in [2.24, 2.45) is 0 Å². The molecule has 0 saturated heterocycles. The van der Waals surface area contributed by atoms with E-state index in [4.69, 9.17) is 4.74 Å². The average Bonchev–Trinajstić information content (AvgIpc) is 2.77. The quantitative estimate of drug-likeness (QED) is 0.679. The van der Waals surface area contributed by atoms with E-state index in [0.29, 0.717) is 12.3 Å². The molecule has 0 unspecified atom stereocenters. The topological polar surface area (TPSA) is 58.6 Å². The highest BCUT2D eigenvalue weighted by Gasteiger charge is 2.28. The molecule has 1 saturated carbocycles. The largest absolute Gasteiger partial charge is 0.484 e. The van der Waals surface area contributed by atoms with E-state index in [2.05, 4.69) is 5.32 Å². The maximum absolute atomic E-state index is 13.1. The number of benzene rings is 2. The molecule has 0 aliphatic heterocycles. The van der Waals surface area contributed by atoms with Gasteiger partial charge in [-0.05, 0) is 56.9 Å². The van der Waals surface area contributed by atoms with Crippen LogP contribution >= 0.6 is 0 Å². The van der Waals surface area contributed by atoms with Crippen LogP contribution < -0.4 is 10.1 Å². The zero-order valence-corrected chi connectivity index (χ0v) is 18.9. The van der Waals surface area contributed by atoms with Crippen molar-refractivity contribution in [2.45, 2.75) is 71.5 Å². The highest BCUT2D eigenvalue weighted by Crippen LogP contribution is 2.19. The van der Waals surface area contributed by atoms with Gasteiger partial charge in [-0.15, -0.1) is 0 Å². The highest BCUT2D eigenvalue weighted by atomic mass is 16.5. The summed E-state index contributed by atoms with van der Waals surface area (Å²) in [5, 5.41) is 3.16. The summed E-state index contributed by atoms with van der Waals surface area (Å²) in [5.41, 5.74) is 3.22. The molecule has 5 nitrogen and oxygen atoms in total. The van der Waals surface area contributed by atoms with Crippen LogP contribution in [-0.2, 0) is 16.1 Å².